The van der Waals surface area contributed by atoms with Crippen LogP contribution in [0.15, 0.2) is 18.2 Å². The first-order valence-electron chi connectivity index (χ1n) is 7.72. The highest BCUT2D eigenvalue weighted by Crippen LogP contribution is 2.28. The molecule has 4 nitrogen and oxygen atoms in total. The lowest BCUT2D eigenvalue weighted by Gasteiger charge is -2.29. The van der Waals surface area contributed by atoms with Crippen molar-refractivity contribution in [1.29, 1.82) is 0 Å². The Balaban J connectivity index is 1.66. The fourth-order valence-corrected chi connectivity index (χ4v) is 3.80. The summed E-state index contributed by atoms with van der Waals surface area (Å²) >= 11 is 11.9. The molecule has 2 aliphatic rings. The molecular formula is C16H20Cl2N2O2. The lowest BCUT2D eigenvalue weighted by atomic mass is 10.1. The van der Waals surface area contributed by atoms with Crippen molar-refractivity contribution in [3.05, 3.63) is 33.8 Å². The van der Waals surface area contributed by atoms with Crippen LogP contribution in [0.25, 0.3) is 0 Å². The second-order valence-corrected chi connectivity index (χ2v) is 6.96. The summed E-state index contributed by atoms with van der Waals surface area (Å²) in [4.78, 5) is 14.7. The zero-order valence-electron chi connectivity index (χ0n) is 12.3. The number of aliphatic hydroxyl groups is 1. The molecule has 3 rings (SSSR count). The van der Waals surface area contributed by atoms with Gasteiger partial charge in [-0.1, -0.05) is 23.2 Å². The molecule has 1 aliphatic heterocycles. The largest absolute Gasteiger partial charge is 0.392 e. The van der Waals surface area contributed by atoms with E-state index in [9.17, 15) is 9.90 Å². The van der Waals surface area contributed by atoms with E-state index >= 15 is 0 Å². The standard InChI is InChI=1S/C16H20Cl2N2O2/c17-12-5-4-10(8-13(12)18)16(22)19-14-2-1-3-15(14)20-7-6-11(21)9-20/h4-5,8,11,14-15,21H,1-3,6-7,9H2,(H,19,22)/t11?,14-,15+/m1/s1. The van der Waals surface area contributed by atoms with Gasteiger partial charge >= 0.3 is 0 Å². The van der Waals surface area contributed by atoms with Gasteiger partial charge in [-0.25, -0.2) is 0 Å². The van der Waals surface area contributed by atoms with E-state index < -0.39 is 0 Å². The summed E-state index contributed by atoms with van der Waals surface area (Å²) in [6, 6.07) is 5.38. The van der Waals surface area contributed by atoms with Crippen molar-refractivity contribution in [3.63, 3.8) is 0 Å². The van der Waals surface area contributed by atoms with Gasteiger partial charge in [0.1, 0.15) is 0 Å². The van der Waals surface area contributed by atoms with E-state index in [1.54, 1.807) is 18.2 Å². The second kappa shape index (κ2) is 6.75. The molecule has 0 bridgehead atoms. The summed E-state index contributed by atoms with van der Waals surface area (Å²) < 4.78 is 0. The number of rotatable bonds is 3. The number of benzene rings is 1. The summed E-state index contributed by atoms with van der Waals surface area (Å²) in [5, 5.41) is 13.7. The summed E-state index contributed by atoms with van der Waals surface area (Å²) in [6.45, 7) is 1.62. The third kappa shape index (κ3) is 3.40. The second-order valence-electron chi connectivity index (χ2n) is 6.14. The van der Waals surface area contributed by atoms with Crippen LogP contribution in [-0.2, 0) is 0 Å². The fourth-order valence-electron chi connectivity index (χ4n) is 3.50. The minimum atomic E-state index is -0.230. The highest BCUT2D eigenvalue weighted by Gasteiger charge is 2.36. The number of hydrogen-bond donors (Lipinski definition) is 2. The van der Waals surface area contributed by atoms with Gasteiger partial charge in [0.15, 0.2) is 0 Å². The molecule has 1 unspecified atom stereocenters. The van der Waals surface area contributed by atoms with Crippen LogP contribution in [0.3, 0.4) is 0 Å². The minimum Gasteiger partial charge on any atom is -0.392 e. The maximum absolute atomic E-state index is 12.4. The molecule has 1 saturated carbocycles. The Morgan fingerprint density at radius 1 is 1.23 bits per heavy atom. The molecule has 1 aromatic carbocycles. The van der Waals surface area contributed by atoms with E-state index in [1.807, 2.05) is 0 Å². The third-order valence-corrected chi connectivity index (χ3v) is 5.38. The summed E-state index contributed by atoms with van der Waals surface area (Å²) in [5.41, 5.74) is 0.529. The molecule has 1 saturated heterocycles. The molecule has 2 fully saturated rings. The Hall–Kier alpha value is -0.810. The molecule has 1 heterocycles. The number of halogens is 2. The van der Waals surface area contributed by atoms with Crippen LogP contribution in [-0.4, -0.2) is 47.2 Å². The molecule has 1 amide bonds. The lowest BCUT2D eigenvalue weighted by molar-refractivity contribution is 0.0906. The maximum atomic E-state index is 12.4. The number of β-amino-alcohol motifs (C(OH)–C–C–N with tert-alkyl or cyclic N) is 1. The molecule has 2 N–H and O–H groups in total. The van der Waals surface area contributed by atoms with Crippen molar-refractivity contribution in [3.8, 4) is 0 Å². The average Bonchev–Trinajstić information content (AvgIpc) is 3.10. The number of carbonyl (C=O) groups excluding carboxylic acids is 1. The van der Waals surface area contributed by atoms with E-state index in [-0.39, 0.29) is 18.1 Å². The van der Waals surface area contributed by atoms with Crippen molar-refractivity contribution >= 4 is 29.1 Å². The number of nitrogens with zero attached hydrogens (tertiary/aromatic N) is 1. The van der Waals surface area contributed by atoms with Crippen LogP contribution in [0.1, 0.15) is 36.0 Å². The first kappa shape index (κ1) is 16.1. The highest BCUT2D eigenvalue weighted by atomic mass is 35.5. The SMILES string of the molecule is O=C(N[C@@H]1CCC[C@@H]1N1CCC(O)C1)c1ccc(Cl)c(Cl)c1. The monoisotopic (exact) mass is 342 g/mol. The Kier molecular flexibility index (Phi) is 4.93. The highest BCUT2D eigenvalue weighted by molar-refractivity contribution is 6.42. The maximum Gasteiger partial charge on any atom is 0.251 e. The number of amides is 1. The number of carbonyl (C=O) groups is 1. The number of aliphatic hydroxyl groups excluding tert-OH is 1. The molecule has 0 spiro atoms. The summed E-state index contributed by atoms with van der Waals surface area (Å²) in [6.07, 6.45) is 3.74. The van der Waals surface area contributed by atoms with Gasteiger partial charge < -0.3 is 10.4 Å². The van der Waals surface area contributed by atoms with Crippen molar-refractivity contribution in [2.45, 2.75) is 43.9 Å². The van der Waals surface area contributed by atoms with Crippen LogP contribution >= 0.6 is 23.2 Å². The van der Waals surface area contributed by atoms with Gasteiger partial charge in [-0.15, -0.1) is 0 Å². The summed E-state index contributed by atoms with van der Waals surface area (Å²) in [7, 11) is 0. The smallest absolute Gasteiger partial charge is 0.251 e. The van der Waals surface area contributed by atoms with Crippen molar-refractivity contribution in [1.82, 2.24) is 10.2 Å². The van der Waals surface area contributed by atoms with E-state index in [4.69, 9.17) is 23.2 Å². The quantitative estimate of drug-likeness (QED) is 0.887. The van der Waals surface area contributed by atoms with Crippen molar-refractivity contribution in [2.75, 3.05) is 13.1 Å². The van der Waals surface area contributed by atoms with Gasteiger partial charge in [-0.2, -0.15) is 0 Å². The predicted octanol–water partition coefficient (Wildman–Crippen LogP) is 2.71. The minimum absolute atomic E-state index is 0.116. The number of likely N-dealkylation sites (tertiary alicyclic amines) is 1. The summed E-state index contributed by atoms with van der Waals surface area (Å²) in [5.74, 6) is -0.116. The Morgan fingerprint density at radius 3 is 2.73 bits per heavy atom. The van der Waals surface area contributed by atoms with Crippen molar-refractivity contribution in [2.24, 2.45) is 0 Å². The molecule has 1 aromatic rings. The van der Waals surface area contributed by atoms with Gasteiger partial charge in [0.2, 0.25) is 0 Å². The zero-order valence-corrected chi connectivity index (χ0v) is 13.8. The Morgan fingerprint density at radius 2 is 2.05 bits per heavy atom. The van der Waals surface area contributed by atoms with Gasteiger partial charge in [0.05, 0.1) is 16.1 Å². The molecule has 1 aliphatic carbocycles. The first-order chi connectivity index (χ1) is 10.5. The van der Waals surface area contributed by atoms with Gasteiger partial charge in [0.25, 0.3) is 5.91 Å². The number of hydrogen-bond acceptors (Lipinski definition) is 3. The third-order valence-electron chi connectivity index (χ3n) is 4.64. The molecule has 3 atom stereocenters. The van der Waals surface area contributed by atoms with Crippen LogP contribution in [0.2, 0.25) is 10.0 Å². The molecule has 22 heavy (non-hydrogen) atoms. The topological polar surface area (TPSA) is 52.6 Å². The molecule has 0 aromatic heterocycles. The van der Waals surface area contributed by atoms with Crippen LogP contribution < -0.4 is 5.32 Å². The van der Waals surface area contributed by atoms with E-state index in [0.717, 1.165) is 32.2 Å². The molecular weight excluding hydrogens is 323 g/mol. The van der Waals surface area contributed by atoms with E-state index in [1.165, 1.54) is 0 Å². The van der Waals surface area contributed by atoms with Gasteiger partial charge in [-0.05, 0) is 43.9 Å². The first-order valence-corrected chi connectivity index (χ1v) is 8.48. The molecule has 120 valence electrons. The van der Waals surface area contributed by atoms with Crippen LogP contribution in [0.4, 0.5) is 0 Å². The van der Waals surface area contributed by atoms with Gasteiger partial charge in [0, 0.05) is 30.7 Å². The normalized spacial score (nSPS) is 29.0. The predicted molar refractivity (Wildman–Crippen MR) is 87.6 cm³/mol. The lowest BCUT2D eigenvalue weighted by Crippen LogP contribution is -2.48. The Bertz CT molecular complexity index is 567. The number of nitrogens with one attached hydrogen (secondary N) is 1. The fraction of sp³-hybridized carbons (Fsp3) is 0.562. The molecule has 0 radical (unpaired) electrons. The van der Waals surface area contributed by atoms with Crippen molar-refractivity contribution < 1.29 is 9.90 Å². The average molecular weight is 343 g/mol. The molecule has 6 heteroatoms. The van der Waals surface area contributed by atoms with E-state index in [0.29, 0.717) is 28.2 Å². The Labute approximate surface area is 140 Å². The van der Waals surface area contributed by atoms with Crippen LogP contribution in [0, 0.1) is 0 Å². The zero-order chi connectivity index (χ0) is 15.7. The van der Waals surface area contributed by atoms with Crippen LogP contribution in [0.5, 0.6) is 0 Å². The van der Waals surface area contributed by atoms with E-state index in [2.05, 4.69) is 10.2 Å². The van der Waals surface area contributed by atoms with Gasteiger partial charge in [-0.3, -0.25) is 9.69 Å².